The monoisotopic (exact) mass is 306 g/mol. The number of rotatable bonds is 3. The molecule has 0 bridgehead atoms. The molecule has 0 atom stereocenters. The lowest BCUT2D eigenvalue weighted by Gasteiger charge is -2.21. The van der Waals surface area contributed by atoms with E-state index in [1.165, 1.54) is 21.5 Å². The summed E-state index contributed by atoms with van der Waals surface area (Å²) in [7, 11) is -0.467. The Morgan fingerprint density at radius 1 is 0.545 bits per heavy atom. The van der Waals surface area contributed by atoms with Crippen LogP contribution in [-0.4, -0.2) is 0 Å². The molecule has 0 aliphatic carbocycles. The zero-order valence-electron chi connectivity index (χ0n) is 13.5. The molecule has 0 aromatic heterocycles. The van der Waals surface area contributed by atoms with Crippen LogP contribution in [0.15, 0.2) is 84.9 Å². The number of aryl methyl sites for hydroxylation is 1. The minimum atomic E-state index is -0.467. The van der Waals surface area contributed by atoms with Gasteiger partial charge in [0.05, 0.1) is 0 Å². The molecule has 0 radical (unpaired) electrons. The predicted octanol–water partition coefficient (Wildman–Crippen LogP) is 4.78. The molecular formula is C21H23P. The fourth-order valence-electron chi connectivity index (χ4n) is 2.40. The third kappa shape index (κ3) is 3.84. The molecule has 0 saturated heterocycles. The highest BCUT2D eigenvalue weighted by molar-refractivity contribution is 7.79. The Kier molecular flexibility index (Phi) is 6.37. The molecule has 0 aliphatic rings. The average Bonchev–Trinajstić information content (AvgIpc) is 2.61. The van der Waals surface area contributed by atoms with E-state index >= 15 is 0 Å². The normalized spacial score (nSPS) is 10.0. The lowest BCUT2D eigenvalue weighted by atomic mass is 10.2. The topological polar surface area (TPSA) is 0 Å². The van der Waals surface area contributed by atoms with E-state index in [1.54, 1.807) is 0 Å². The van der Waals surface area contributed by atoms with Crippen LogP contribution in [0.2, 0.25) is 0 Å². The summed E-state index contributed by atoms with van der Waals surface area (Å²) in [6, 6.07) is 30.4. The Morgan fingerprint density at radius 3 is 1.41 bits per heavy atom. The Morgan fingerprint density at radius 2 is 0.955 bits per heavy atom. The van der Waals surface area contributed by atoms with Crippen molar-refractivity contribution in [3.63, 3.8) is 0 Å². The number of hydrogen-bond acceptors (Lipinski definition) is 0. The first-order chi connectivity index (χ1) is 10.9. The van der Waals surface area contributed by atoms with Gasteiger partial charge in [0.25, 0.3) is 0 Å². The van der Waals surface area contributed by atoms with Gasteiger partial charge in [-0.25, -0.2) is 0 Å². The van der Waals surface area contributed by atoms with Crippen LogP contribution in [-0.2, 0) is 0 Å². The highest BCUT2D eigenvalue weighted by atomic mass is 31.1. The second-order valence-electron chi connectivity index (χ2n) is 4.79. The highest BCUT2D eigenvalue weighted by Gasteiger charge is 2.17. The third-order valence-corrected chi connectivity index (χ3v) is 6.00. The van der Waals surface area contributed by atoms with Crippen LogP contribution in [0, 0.1) is 6.92 Å². The lowest BCUT2D eigenvalue weighted by molar-refractivity contribution is 1.50. The molecule has 3 rings (SSSR count). The summed E-state index contributed by atoms with van der Waals surface area (Å²) >= 11 is 0. The fourth-order valence-corrected chi connectivity index (χ4v) is 4.85. The third-order valence-electron chi connectivity index (χ3n) is 3.39. The molecule has 22 heavy (non-hydrogen) atoms. The molecule has 0 fully saturated rings. The Bertz CT molecular complexity index is 635. The quantitative estimate of drug-likeness (QED) is 0.611. The molecule has 0 amide bonds. The van der Waals surface area contributed by atoms with E-state index in [2.05, 4.69) is 91.9 Å². The van der Waals surface area contributed by atoms with Gasteiger partial charge >= 0.3 is 0 Å². The van der Waals surface area contributed by atoms with E-state index in [-0.39, 0.29) is 0 Å². The SMILES string of the molecule is CC.Cc1ccccc1P(c1ccccc1)c1ccccc1. The van der Waals surface area contributed by atoms with Crippen molar-refractivity contribution in [1.82, 2.24) is 0 Å². The van der Waals surface area contributed by atoms with Crippen LogP contribution < -0.4 is 15.9 Å². The highest BCUT2D eigenvalue weighted by Crippen LogP contribution is 2.33. The van der Waals surface area contributed by atoms with E-state index in [0.29, 0.717) is 0 Å². The van der Waals surface area contributed by atoms with E-state index in [4.69, 9.17) is 0 Å². The Balaban J connectivity index is 0.000000847. The summed E-state index contributed by atoms with van der Waals surface area (Å²) in [5, 5.41) is 4.26. The maximum atomic E-state index is 2.26. The van der Waals surface area contributed by atoms with Gasteiger partial charge in [0.2, 0.25) is 0 Å². The molecule has 0 saturated carbocycles. The second-order valence-corrected chi connectivity index (χ2v) is 6.98. The molecule has 0 spiro atoms. The zero-order valence-corrected chi connectivity index (χ0v) is 14.4. The van der Waals surface area contributed by atoms with Crippen molar-refractivity contribution in [2.24, 2.45) is 0 Å². The summed E-state index contributed by atoms with van der Waals surface area (Å²) in [5.41, 5.74) is 1.37. The zero-order chi connectivity index (χ0) is 15.8. The molecule has 0 N–H and O–H groups in total. The summed E-state index contributed by atoms with van der Waals surface area (Å²) in [6.07, 6.45) is 0. The molecule has 3 aromatic rings. The molecule has 0 aliphatic heterocycles. The molecule has 1 heteroatoms. The fraction of sp³-hybridized carbons (Fsp3) is 0.143. The van der Waals surface area contributed by atoms with Crippen LogP contribution in [0.25, 0.3) is 0 Å². The number of benzene rings is 3. The Labute approximate surface area is 135 Å². The summed E-state index contributed by atoms with van der Waals surface area (Å²) < 4.78 is 0. The summed E-state index contributed by atoms with van der Waals surface area (Å²) in [4.78, 5) is 0. The van der Waals surface area contributed by atoms with E-state index in [0.717, 1.165) is 0 Å². The summed E-state index contributed by atoms with van der Waals surface area (Å²) in [6.45, 7) is 6.20. The lowest BCUT2D eigenvalue weighted by Crippen LogP contribution is -2.22. The van der Waals surface area contributed by atoms with Crippen LogP contribution in [0.4, 0.5) is 0 Å². The van der Waals surface area contributed by atoms with Gasteiger partial charge in [0, 0.05) is 0 Å². The number of hydrogen-bond donors (Lipinski definition) is 0. The minimum Gasteiger partial charge on any atom is -0.0683 e. The second kappa shape index (κ2) is 8.51. The first kappa shape index (κ1) is 16.5. The van der Waals surface area contributed by atoms with Gasteiger partial charge in [-0.05, 0) is 36.3 Å². The molecular weight excluding hydrogens is 283 g/mol. The Hall–Kier alpha value is -1.91. The van der Waals surface area contributed by atoms with Gasteiger partial charge < -0.3 is 0 Å². The van der Waals surface area contributed by atoms with E-state index in [9.17, 15) is 0 Å². The van der Waals surface area contributed by atoms with Gasteiger partial charge in [0.15, 0.2) is 0 Å². The maximum absolute atomic E-state index is 2.26. The minimum absolute atomic E-state index is 0.467. The summed E-state index contributed by atoms with van der Waals surface area (Å²) in [5.74, 6) is 0. The molecule has 0 unspecified atom stereocenters. The average molecular weight is 306 g/mol. The van der Waals surface area contributed by atoms with Crippen molar-refractivity contribution >= 4 is 23.8 Å². The van der Waals surface area contributed by atoms with Crippen molar-refractivity contribution in [2.45, 2.75) is 20.8 Å². The van der Waals surface area contributed by atoms with Gasteiger partial charge in [0.1, 0.15) is 0 Å². The molecule has 0 heterocycles. The van der Waals surface area contributed by atoms with Crippen molar-refractivity contribution in [1.29, 1.82) is 0 Å². The van der Waals surface area contributed by atoms with Crippen molar-refractivity contribution in [3.8, 4) is 0 Å². The van der Waals surface area contributed by atoms with Gasteiger partial charge in [-0.2, -0.15) is 0 Å². The molecule has 3 aromatic carbocycles. The standard InChI is InChI=1S/C19H17P.C2H6/c1-16-10-8-9-15-19(16)20(17-11-4-2-5-12-17)18-13-6-3-7-14-18;1-2/h2-15H,1H3;1-2H3. The van der Waals surface area contributed by atoms with E-state index in [1.807, 2.05) is 13.8 Å². The predicted molar refractivity (Wildman–Crippen MR) is 101 cm³/mol. The smallest absolute Gasteiger partial charge is 0.0122 e. The first-order valence-corrected chi connectivity index (χ1v) is 9.16. The van der Waals surface area contributed by atoms with Crippen LogP contribution in [0.3, 0.4) is 0 Å². The van der Waals surface area contributed by atoms with Gasteiger partial charge in [-0.3, -0.25) is 0 Å². The van der Waals surface area contributed by atoms with Gasteiger partial charge in [-0.15, -0.1) is 0 Å². The molecule has 0 nitrogen and oxygen atoms in total. The van der Waals surface area contributed by atoms with Crippen LogP contribution in [0.1, 0.15) is 19.4 Å². The van der Waals surface area contributed by atoms with E-state index < -0.39 is 7.92 Å². The van der Waals surface area contributed by atoms with Crippen LogP contribution in [0.5, 0.6) is 0 Å². The molecule has 112 valence electrons. The van der Waals surface area contributed by atoms with Crippen molar-refractivity contribution in [3.05, 3.63) is 90.5 Å². The first-order valence-electron chi connectivity index (χ1n) is 7.82. The largest absolute Gasteiger partial charge is 0.0683 e. The maximum Gasteiger partial charge on any atom is -0.0122 e. The van der Waals surface area contributed by atoms with Crippen molar-refractivity contribution in [2.75, 3.05) is 0 Å². The van der Waals surface area contributed by atoms with Gasteiger partial charge in [-0.1, -0.05) is 98.8 Å². The van der Waals surface area contributed by atoms with Crippen molar-refractivity contribution < 1.29 is 0 Å². The van der Waals surface area contributed by atoms with Crippen LogP contribution >= 0.6 is 7.92 Å².